The van der Waals surface area contributed by atoms with Crippen molar-refractivity contribution in [3.63, 3.8) is 0 Å². The third-order valence-electron chi connectivity index (χ3n) is 5.17. The fraction of sp³-hybridized carbons (Fsp3) is 0.688. The van der Waals surface area contributed by atoms with Crippen LogP contribution in [0.25, 0.3) is 0 Å². The fourth-order valence-corrected chi connectivity index (χ4v) is 6.34. The number of nitrogens with zero attached hydrogens (tertiary/aromatic N) is 2. The molecule has 2 fully saturated rings. The summed E-state index contributed by atoms with van der Waals surface area (Å²) in [5, 5.41) is 1.74. The minimum atomic E-state index is -3.59. The second kappa shape index (κ2) is 6.40. The standard InChI is InChI=1S/C16H25N3O3S2/c1-16(2)11-18(9-7-13(16)17)15(20)12-5-3-8-19(12)24(21,22)14-6-4-10-23-14/h4,6,10,12-13H,3,5,7-9,11,17H2,1-2H3. The molecule has 0 bridgehead atoms. The van der Waals surface area contributed by atoms with Gasteiger partial charge < -0.3 is 10.6 Å². The summed E-state index contributed by atoms with van der Waals surface area (Å²) in [6.45, 7) is 5.72. The van der Waals surface area contributed by atoms with Crippen molar-refractivity contribution >= 4 is 27.3 Å². The van der Waals surface area contributed by atoms with Crippen molar-refractivity contribution in [3.05, 3.63) is 17.5 Å². The van der Waals surface area contributed by atoms with Gasteiger partial charge in [0, 0.05) is 25.7 Å². The zero-order valence-electron chi connectivity index (χ0n) is 14.1. The van der Waals surface area contributed by atoms with Gasteiger partial charge in [-0.15, -0.1) is 11.3 Å². The van der Waals surface area contributed by atoms with E-state index in [0.717, 1.165) is 12.8 Å². The number of hydrogen-bond donors (Lipinski definition) is 1. The van der Waals surface area contributed by atoms with Crippen LogP contribution >= 0.6 is 11.3 Å². The fourth-order valence-electron chi connectivity index (χ4n) is 3.57. The monoisotopic (exact) mass is 371 g/mol. The van der Waals surface area contributed by atoms with E-state index in [2.05, 4.69) is 13.8 Å². The summed E-state index contributed by atoms with van der Waals surface area (Å²) in [6, 6.07) is 2.81. The summed E-state index contributed by atoms with van der Waals surface area (Å²) in [5.74, 6) is -0.0763. The SMILES string of the molecule is CC1(C)CN(C(=O)C2CCCN2S(=O)(=O)c2cccs2)CCC1N. The van der Waals surface area contributed by atoms with Gasteiger partial charge in [-0.3, -0.25) is 4.79 Å². The van der Waals surface area contributed by atoms with E-state index in [4.69, 9.17) is 5.73 Å². The number of amides is 1. The molecule has 0 radical (unpaired) electrons. The van der Waals surface area contributed by atoms with Crippen molar-refractivity contribution < 1.29 is 13.2 Å². The third-order valence-corrected chi connectivity index (χ3v) is 8.45. The average molecular weight is 372 g/mol. The summed E-state index contributed by atoms with van der Waals surface area (Å²) in [4.78, 5) is 14.8. The number of likely N-dealkylation sites (tertiary alicyclic amines) is 1. The summed E-state index contributed by atoms with van der Waals surface area (Å²) in [5.41, 5.74) is 6.00. The molecule has 3 heterocycles. The van der Waals surface area contributed by atoms with E-state index in [1.54, 1.807) is 22.4 Å². The van der Waals surface area contributed by atoms with Crippen molar-refractivity contribution in [1.29, 1.82) is 0 Å². The van der Waals surface area contributed by atoms with Gasteiger partial charge in [0.2, 0.25) is 5.91 Å². The first-order valence-corrected chi connectivity index (χ1v) is 10.7. The third kappa shape index (κ3) is 3.12. The predicted octanol–water partition coefficient (Wildman–Crippen LogP) is 1.49. The second-order valence-corrected chi connectivity index (χ2v) is 10.4. The van der Waals surface area contributed by atoms with Crippen LogP contribution in [0.2, 0.25) is 0 Å². The molecule has 2 atom stereocenters. The Morgan fingerprint density at radius 1 is 1.33 bits per heavy atom. The Morgan fingerprint density at radius 2 is 2.08 bits per heavy atom. The highest BCUT2D eigenvalue weighted by molar-refractivity contribution is 7.91. The molecule has 6 nitrogen and oxygen atoms in total. The molecule has 134 valence electrons. The average Bonchev–Trinajstić information content (AvgIpc) is 3.20. The van der Waals surface area contributed by atoms with Crippen molar-refractivity contribution in [3.8, 4) is 0 Å². The number of hydrogen-bond acceptors (Lipinski definition) is 5. The molecule has 0 aliphatic carbocycles. The molecule has 2 saturated heterocycles. The number of carbonyl (C=O) groups is 1. The van der Waals surface area contributed by atoms with Gasteiger partial charge in [0.15, 0.2) is 0 Å². The molecular formula is C16H25N3O3S2. The van der Waals surface area contributed by atoms with E-state index in [0.29, 0.717) is 30.3 Å². The second-order valence-electron chi connectivity index (χ2n) is 7.35. The van der Waals surface area contributed by atoms with Crippen LogP contribution < -0.4 is 5.73 Å². The number of nitrogens with two attached hydrogens (primary N) is 1. The Morgan fingerprint density at radius 3 is 2.71 bits per heavy atom. The van der Waals surface area contributed by atoms with E-state index in [-0.39, 0.29) is 17.4 Å². The first-order valence-electron chi connectivity index (χ1n) is 8.33. The topological polar surface area (TPSA) is 83.7 Å². The number of piperidine rings is 1. The minimum Gasteiger partial charge on any atom is -0.341 e. The van der Waals surface area contributed by atoms with Crippen LogP contribution in [0.3, 0.4) is 0 Å². The van der Waals surface area contributed by atoms with Crippen LogP contribution in [-0.4, -0.2) is 55.2 Å². The van der Waals surface area contributed by atoms with Gasteiger partial charge in [-0.1, -0.05) is 19.9 Å². The maximum Gasteiger partial charge on any atom is 0.253 e. The Labute approximate surface area is 147 Å². The lowest BCUT2D eigenvalue weighted by Gasteiger charge is -2.43. The molecule has 1 amide bonds. The van der Waals surface area contributed by atoms with Crippen LogP contribution in [0.4, 0.5) is 0 Å². The van der Waals surface area contributed by atoms with Gasteiger partial charge in [-0.25, -0.2) is 8.42 Å². The van der Waals surface area contributed by atoms with E-state index in [1.165, 1.54) is 15.6 Å². The van der Waals surface area contributed by atoms with Crippen LogP contribution in [0, 0.1) is 5.41 Å². The molecular weight excluding hydrogens is 346 g/mol. The molecule has 0 spiro atoms. The zero-order valence-corrected chi connectivity index (χ0v) is 15.8. The van der Waals surface area contributed by atoms with Gasteiger partial charge in [0.05, 0.1) is 0 Å². The molecule has 3 rings (SSSR count). The lowest BCUT2D eigenvalue weighted by molar-refractivity contribution is -0.138. The van der Waals surface area contributed by atoms with E-state index in [1.807, 2.05) is 0 Å². The van der Waals surface area contributed by atoms with Gasteiger partial charge >= 0.3 is 0 Å². The van der Waals surface area contributed by atoms with E-state index < -0.39 is 16.1 Å². The number of sulfonamides is 1. The molecule has 2 aliphatic heterocycles. The van der Waals surface area contributed by atoms with E-state index >= 15 is 0 Å². The van der Waals surface area contributed by atoms with Crippen LogP contribution in [-0.2, 0) is 14.8 Å². The normalized spacial score (nSPS) is 28.2. The quantitative estimate of drug-likeness (QED) is 0.872. The Hall–Kier alpha value is -0.960. The molecule has 0 saturated carbocycles. The Kier molecular flexibility index (Phi) is 4.76. The van der Waals surface area contributed by atoms with E-state index in [9.17, 15) is 13.2 Å². The van der Waals surface area contributed by atoms with Crippen LogP contribution in [0.15, 0.2) is 21.7 Å². The van der Waals surface area contributed by atoms with Gasteiger partial charge in [0.1, 0.15) is 10.3 Å². The van der Waals surface area contributed by atoms with Crippen LogP contribution in [0.1, 0.15) is 33.1 Å². The lowest BCUT2D eigenvalue weighted by atomic mass is 9.79. The molecule has 1 aromatic heterocycles. The maximum atomic E-state index is 13.0. The summed E-state index contributed by atoms with van der Waals surface area (Å²) in [6.07, 6.45) is 2.06. The highest BCUT2D eigenvalue weighted by atomic mass is 32.2. The summed E-state index contributed by atoms with van der Waals surface area (Å²) < 4.78 is 27.3. The molecule has 1 aromatic rings. The zero-order chi connectivity index (χ0) is 17.5. The Bertz CT molecular complexity index is 700. The first kappa shape index (κ1) is 17.8. The summed E-state index contributed by atoms with van der Waals surface area (Å²) >= 11 is 1.20. The number of carbonyl (C=O) groups excluding carboxylic acids is 1. The minimum absolute atomic E-state index is 0.0658. The van der Waals surface area contributed by atoms with Gasteiger partial charge in [0.25, 0.3) is 10.0 Å². The highest BCUT2D eigenvalue weighted by Gasteiger charge is 2.44. The largest absolute Gasteiger partial charge is 0.341 e. The molecule has 0 aromatic carbocycles. The molecule has 2 N–H and O–H groups in total. The number of thiophene rings is 1. The first-order chi connectivity index (χ1) is 11.2. The van der Waals surface area contributed by atoms with Crippen molar-refractivity contribution in [2.75, 3.05) is 19.6 Å². The maximum absolute atomic E-state index is 13.0. The van der Waals surface area contributed by atoms with Crippen molar-refractivity contribution in [1.82, 2.24) is 9.21 Å². The molecule has 2 unspecified atom stereocenters. The van der Waals surface area contributed by atoms with Gasteiger partial charge in [-0.2, -0.15) is 4.31 Å². The highest BCUT2D eigenvalue weighted by Crippen LogP contribution is 2.32. The predicted molar refractivity (Wildman–Crippen MR) is 94.2 cm³/mol. The smallest absolute Gasteiger partial charge is 0.253 e. The molecule has 8 heteroatoms. The molecule has 2 aliphatic rings. The Balaban J connectivity index is 1.80. The summed E-state index contributed by atoms with van der Waals surface area (Å²) in [7, 11) is -3.59. The van der Waals surface area contributed by atoms with Gasteiger partial charge in [-0.05, 0) is 36.1 Å². The molecule has 24 heavy (non-hydrogen) atoms. The van der Waals surface area contributed by atoms with Crippen molar-refractivity contribution in [2.24, 2.45) is 11.1 Å². The number of rotatable bonds is 3. The van der Waals surface area contributed by atoms with Crippen molar-refractivity contribution in [2.45, 2.75) is 49.4 Å². The lowest BCUT2D eigenvalue weighted by Crippen LogP contribution is -2.57. The van der Waals surface area contributed by atoms with Crippen LogP contribution in [0.5, 0.6) is 0 Å².